The lowest BCUT2D eigenvalue weighted by atomic mass is 10.2. The van der Waals surface area contributed by atoms with Crippen LogP contribution >= 0.6 is 0 Å². The SMILES string of the molecule is Cc1ccc(NC(=O)CNc2cccc(OC3CCCC3)c2)cc1S(=O)(=O)N(C)C. The van der Waals surface area contributed by atoms with Gasteiger partial charge in [0.05, 0.1) is 17.5 Å². The first-order valence-electron chi connectivity index (χ1n) is 10.1. The van der Waals surface area contributed by atoms with E-state index in [1.54, 1.807) is 19.1 Å². The minimum absolute atomic E-state index is 0.0521. The van der Waals surface area contributed by atoms with Gasteiger partial charge in [-0.3, -0.25) is 4.79 Å². The number of carbonyl (C=O) groups excluding carboxylic acids is 1. The number of hydrogen-bond donors (Lipinski definition) is 2. The van der Waals surface area contributed by atoms with E-state index in [1.165, 1.54) is 33.0 Å². The van der Waals surface area contributed by atoms with Gasteiger partial charge in [-0.2, -0.15) is 0 Å². The number of aryl methyl sites for hydroxylation is 1. The van der Waals surface area contributed by atoms with Gasteiger partial charge in [-0.1, -0.05) is 12.1 Å². The highest BCUT2D eigenvalue weighted by atomic mass is 32.2. The molecule has 7 nitrogen and oxygen atoms in total. The van der Waals surface area contributed by atoms with E-state index in [2.05, 4.69) is 10.6 Å². The molecule has 2 aromatic carbocycles. The smallest absolute Gasteiger partial charge is 0.243 e. The van der Waals surface area contributed by atoms with Crippen molar-refractivity contribution >= 4 is 27.3 Å². The third-order valence-corrected chi connectivity index (χ3v) is 7.08. The maximum absolute atomic E-state index is 12.4. The lowest BCUT2D eigenvalue weighted by Crippen LogP contribution is -2.24. The van der Waals surface area contributed by atoms with Gasteiger partial charge in [-0.25, -0.2) is 12.7 Å². The first kappa shape index (κ1) is 22.1. The molecule has 1 fully saturated rings. The molecule has 3 rings (SSSR count). The molecule has 0 aromatic heterocycles. The van der Waals surface area contributed by atoms with Crippen LogP contribution < -0.4 is 15.4 Å². The van der Waals surface area contributed by atoms with E-state index in [0.29, 0.717) is 11.3 Å². The molecule has 0 radical (unpaired) electrons. The number of anilines is 2. The van der Waals surface area contributed by atoms with E-state index < -0.39 is 10.0 Å². The molecule has 1 aliphatic carbocycles. The number of rotatable bonds is 8. The zero-order valence-corrected chi connectivity index (χ0v) is 18.5. The quantitative estimate of drug-likeness (QED) is 0.667. The van der Waals surface area contributed by atoms with Crippen LogP contribution in [0.25, 0.3) is 0 Å². The lowest BCUT2D eigenvalue weighted by Gasteiger charge is -2.16. The van der Waals surface area contributed by atoms with E-state index in [4.69, 9.17) is 4.74 Å². The van der Waals surface area contributed by atoms with Crippen molar-refractivity contribution in [3.8, 4) is 5.75 Å². The molecule has 1 aliphatic rings. The fraction of sp³-hybridized carbons (Fsp3) is 0.409. The molecule has 30 heavy (non-hydrogen) atoms. The van der Waals surface area contributed by atoms with E-state index in [9.17, 15) is 13.2 Å². The van der Waals surface area contributed by atoms with Crippen LogP contribution in [0.3, 0.4) is 0 Å². The zero-order valence-electron chi connectivity index (χ0n) is 17.6. The summed E-state index contributed by atoms with van der Waals surface area (Å²) in [6.07, 6.45) is 4.86. The molecule has 2 N–H and O–H groups in total. The van der Waals surface area contributed by atoms with E-state index in [-0.39, 0.29) is 23.5 Å². The van der Waals surface area contributed by atoms with Gasteiger partial charge in [0, 0.05) is 31.5 Å². The molecular formula is C22H29N3O4S. The predicted molar refractivity (Wildman–Crippen MR) is 118 cm³/mol. The van der Waals surface area contributed by atoms with Crippen LogP contribution in [0.4, 0.5) is 11.4 Å². The largest absolute Gasteiger partial charge is 0.490 e. The summed E-state index contributed by atoms with van der Waals surface area (Å²) in [6.45, 7) is 1.78. The summed E-state index contributed by atoms with van der Waals surface area (Å²) in [7, 11) is -0.622. The molecule has 1 saturated carbocycles. The monoisotopic (exact) mass is 431 g/mol. The number of amides is 1. The van der Waals surface area contributed by atoms with Crippen molar-refractivity contribution in [2.75, 3.05) is 31.3 Å². The third kappa shape index (κ3) is 5.52. The lowest BCUT2D eigenvalue weighted by molar-refractivity contribution is -0.114. The van der Waals surface area contributed by atoms with E-state index in [1.807, 2.05) is 24.3 Å². The summed E-state index contributed by atoms with van der Waals surface area (Å²) in [5.74, 6) is 0.526. The summed E-state index contributed by atoms with van der Waals surface area (Å²) in [6, 6.07) is 12.4. The molecule has 0 unspecified atom stereocenters. The predicted octanol–water partition coefficient (Wildman–Crippen LogP) is 3.62. The fourth-order valence-electron chi connectivity index (χ4n) is 3.42. The number of carbonyl (C=O) groups is 1. The number of nitrogens with one attached hydrogen (secondary N) is 2. The van der Waals surface area contributed by atoms with Gasteiger partial charge in [0.2, 0.25) is 15.9 Å². The minimum Gasteiger partial charge on any atom is -0.490 e. The van der Waals surface area contributed by atoms with Gasteiger partial charge in [-0.15, -0.1) is 0 Å². The first-order valence-corrected chi connectivity index (χ1v) is 11.5. The highest BCUT2D eigenvalue weighted by Gasteiger charge is 2.20. The van der Waals surface area contributed by atoms with Gasteiger partial charge in [-0.05, 0) is 62.4 Å². The Balaban J connectivity index is 1.60. The average Bonchev–Trinajstić information content (AvgIpc) is 3.21. The maximum Gasteiger partial charge on any atom is 0.243 e. The molecule has 0 saturated heterocycles. The number of nitrogens with zero attached hydrogens (tertiary/aromatic N) is 1. The van der Waals surface area contributed by atoms with Crippen LogP contribution in [-0.4, -0.2) is 45.4 Å². The van der Waals surface area contributed by atoms with Crippen molar-refractivity contribution in [2.24, 2.45) is 0 Å². The Morgan fingerprint density at radius 3 is 2.53 bits per heavy atom. The third-order valence-electron chi connectivity index (χ3n) is 5.12. The number of hydrogen-bond acceptors (Lipinski definition) is 5. The molecule has 162 valence electrons. The van der Waals surface area contributed by atoms with Crippen molar-refractivity contribution in [2.45, 2.75) is 43.6 Å². The van der Waals surface area contributed by atoms with Crippen LogP contribution in [0.2, 0.25) is 0 Å². The number of ether oxygens (including phenoxy) is 1. The van der Waals surface area contributed by atoms with Crippen LogP contribution in [0.5, 0.6) is 5.75 Å². The molecule has 0 aliphatic heterocycles. The first-order chi connectivity index (χ1) is 14.3. The van der Waals surface area contributed by atoms with Crippen molar-refractivity contribution in [3.63, 3.8) is 0 Å². The number of benzene rings is 2. The highest BCUT2D eigenvalue weighted by molar-refractivity contribution is 7.89. The Hall–Kier alpha value is -2.58. The van der Waals surface area contributed by atoms with Crippen molar-refractivity contribution < 1.29 is 17.9 Å². The molecular weight excluding hydrogens is 402 g/mol. The van der Waals surface area contributed by atoms with Crippen LogP contribution in [0.1, 0.15) is 31.2 Å². The molecule has 0 heterocycles. The van der Waals surface area contributed by atoms with Gasteiger partial charge in [0.15, 0.2) is 0 Å². The van der Waals surface area contributed by atoms with Crippen molar-refractivity contribution in [1.82, 2.24) is 4.31 Å². The van der Waals surface area contributed by atoms with Crippen LogP contribution in [0, 0.1) is 6.92 Å². The second kappa shape index (κ2) is 9.49. The van der Waals surface area contributed by atoms with Gasteiger partial charge >= 0.3 is 0 Å². The summed E-state index contributed by atoms with van der Waals surface area (Å²) in [5, 5.41) is 5.83. The highest BCUT2D eigenvalue weighted by Crippen LogP contribution is 2.26. The average molecular weight is 432 g/mol. The van der Waals surface area contributed by atoms with Gasteiger partial charge in [0.25, 0.3) is 0 Å². The number of sulfonamides is 1. The molecule has 2 aromatic rings. The van der Waals surface area contributed by atoms with Crippen molar-refractivity contribution in [1.29, 1.82) is 0 Å². The Labute approximate surface area is 178 Å². The topological polar surface area (TPSA) is 87.7 Å². The second-order valence-corrected chi connectivity index (χ2v) is 9.84. The van der Waals surface area contributed by atoms with E-state index in [0.717, 1.165) is 28.6 Å². The normalized spacial score (nSPS) is 14.7. The minimum atomic E-state index is -3.58. The van der Waals surface area contributed by atoms with Crippen molar-refractivity contribution in [3.05, 3.63) is 48.0 Å². The summed E-state index contributed by atoms with van der Waals surface area (Å²) < 4.78 is 32.0. The van der Waals surface area contributed by atoms with Crippen LogP contribution in [-0.2, 0) is 14.8 Å². The zero-order chi connectivity index (χ0) is 21.7. The Bertz CT molecular complexity index is 999. The Kier molecular flexibility index (Phi) is 6.99. The van der Waals surface area contributed by atoms with Crippen LogP contribution in [0.15, 0.2) is 47.4 Å². The Morgan fingerprint density at radius 2 is 1.83 bits per heavy atom. The standard InChI is InChI=1S/C22H29N3O4S/c1-16-11-12-18(14-21(16)30(27,28)25(2)3)24-22(26)15-23-17-7-6-10-20(13-17)29-19-8-4-5-9-19/h6-7,10-14,19,23H,4-5,8-9,15H2,1-3H3,(H,24,26). The van der Waals surface area contributed by atoms with Gasteiger partial charge in [0.1, 0.15) is 5.75 Å². The summed E-state index contributed by atoms with van der Waals surface area (Å²) in [5.41, 5.74) is 1.85. The fourth-order valence-corrected chi connectivity index (χ4v) is 4.56. The van der Waals surface area contributed by atoms with E-state index >= 15 is 0 Å². The molecule has 8 heteroatoms. The Morgan fingerprint density at radius 1 is 1.10 bits per heavy atom. The summed E-state index contributed by atoms with van der Waals surface area (Å²) >= 11 is 0. The summed E-state index contributed by atoms with van der Waals surface area (Å²) in [4.78, 5) is 12.5. The molecule has 0 atom stereocenters. The molecule has 0 spiro atoms. The molecule has 1 amide bonds. The maximum atomic E-state index is 12.4. The second-order valence-electron chi connectivity index (χ2n) is 7.72. The van der Waals surface area contributed by atoms with Gasteiger partial charge < -0.3 is 15.4 Å². The molecule has 0 bridgehead atoms.